The number of hydrogen-bond donors (Lipinski definition) is 0. The number of hydrogen-bond acceptors (Lipinski definition) is 1. The Labute approximate surface area is 185 Å². The average Bonchev–Trinajstić information content (AvgIpc) is 3.18. The van der Waals surface area contributed by atoms with Gasteiger partial charge in [0.25, 0.3) is 0 Å². The van der Waals surface area contributed by atoms with E-state index < -0.39 is 7.26 Å². The molecule has 0 aromatic heterocycles. The van der Waals surface area contributed by atoms with Crippen LogP contribution in [-0.2, 0) is 4.79 Å². The smallest absolute Gasteiger partial charge is 0.135 e. The Bertz CT molecular complexity index is 799. The summed E-state index contributed by atoms with van der Waals surface area (Å²) >= 11 is 0. The zero-order valence-corrected chi connectivity index (χ0v) is 19.2. The van der Waals surface area contributed by atoms with Crippen molar-refractivity contribution in [3.05, 3.63) is 91.0 Å². The first-order chi connectivity index (χ1) is 13.8. The lowest BCUT2D eigenvalue weighted by Gasteiger charge is -2.28. The Morgan fingerprint density at radius 2 is 1.17 bits per heavy atom. The molecule has 1 fully saturated rings. The number of benzene rings is 3. The Balaban J connectivity index is 0.00000240. The summed E-state index contributed by atoms with van der Waals surface area (Å²) in [6.07, 6.45) is 6.22. The molecule has 4 rings (SSSR count). The summed E-state index contributed by atoms with van der Waals surface area (Å²) in [7, 11) is -1.74. The highest BCUT2D eigenvalue weighted by atomic mass is 79.9. The third kappa shape index (κ3) is 4.71. The topological polar surface area (TPSA) is 17.1 Å². The number of Topliss-reactive ketones (excluding diaryl/α,β-unsaturated/α-hetero) is 1. The van der Waals surface area contributed by atoms with Gasteiger partial charge in [0.05, 0.1) is 6.16 Å². The molecule has 0 aliphatic heterocycles. The van der Waals surface area contributed by atoms with Crippen LogP contribution in [0.15, 0.2) is 91.0 Å². The first-order valence-electron chi connectivity index (χ1n) is 10.4. The average molecular weight is 467 g/mol. The van der Waals surface area contributed by atoms with Crippen molar-refractivity contribution in [1.29, 1.82) is 0 Å². The second kappa shape index (κ2) is 10.3. The van der Waals surface area contributed by atoms with Crippen LogP contribution in [0.5, 0.6) is 0 Å². The van der Waals surface area contributed by atoms with Crippen LogP contribution in [0.4, 0.5) is 0 Å². The summed E-state index contributed by atoms with van der Waals surface area (Å²) in [5.41, 5.74) is 0. The van der Waals surface area contributed by atoms with E-state index in [-0.39, 0.29) is 17.0 Å². The van der Waals surface area contributed by atoms with Gasteiger partial charge in [-0.3, -0.25) is 4.79 Å². The Morgan fingerprint density at radius 3 is 1.55 bits per heavy atom. The van der Waals surface area contributed by atoms with E-state index >= 15 is 0 Å². The van der Waals surface area contributed by atoms with Gasteiger partial charge in [-0.25, -0.2) is 0 Å². The van der Waals surface area contributed by atoms with Gasteiger partial charge in [0.2, 0.25) is 0 Å². The molecule has 1 nitrogen and oxygen atoms in total. The van der Waals surface area contributed by atoms with Crippen LogP contribution in [-0.4, -0.2) is 11.9 Å². The lowest BCUT2D eigenvalue weighted by Crippen LogP contribution is -3.00. The standard InChI is InChI=1S/C26H28OP.BrH/c27-26-20-10-12-22(26)13-11-21-28(23-14-4-1-5-15-23,24-16-6-2-7-17-24)25-18-8-3-9-19-25;/h1-9,14-19,22H,10-13,20-21H2;1H/q+1;/p-1. The van der Waals surface area contributed by atoms with Crippen LogP contribution in [0.1, 0.15) is 32.1 Å². The molecule has 0 amide bonds. The summed E-state index contributed by atoms with van der Waals surface area (Å²) in [4.78, 5) is 12.1. The van der Waals surface area contributed by atoms with Crippen molar-refractivity contribution in [3.63, 3.8) is 0 Å². The maximum Gasteiger partial charge on any atom is 0.135 e. The molecule has 1 atom stereocenters. The van der Waals surface area contributed by atoms with Crippen molar-refractivity contribution >= 4 is 29.0 Å². The maximum absolute atomic E-state index is 12.1. The number of carbonyl (C=O) groups is 1. The zero-order chi connectivity index (χ0) is 19.2. The van der Waals surface area contributed by atoms with Crippen LogP contribution in [0.25, 0.3) is 0 Å². The maximum atomic E-state index is 12.1. The van der Waals surface area contributed by atoms with E-state index in [4.69, 9.17) is 0 Å². The number of carbonyl (C=O) groups excluding carboxylic acids is 1. The van der Waals surface area contributed by atoms with Crippen molar-refractivity contribution in [1.82, 2.24) is 0 Å². The summed E-state index contributed by atoms with van der Waals surface area (Å²) < 4.78 is 0. The van der Waals surface area contributed by atoms with Gasteiger partial charge in [-0.05, 0) is 62.1 Å². The van der Waals surface area contributed by atoms with Gasteiger partial charge in [-0.2, -0.15) is 0 Å². The highest BCUT2D eigenvalue weighted by molar-refractivity contribution is 7.95. The summed E-state index contributed by atoms with van der Waals surface area (Å²) in [6, 6.07) is 33.1. The molecule has 0 heterocycles. The molecule has 0 radical (unpaired) electrons. The molecule has 0 N–H and O–H groups in total. The van der Waals surface area contributed by atoms with Gasteiger partial charge in [-0.1, -0.05) is 54.6 Å². The van der Waals surface area contributed by atoms with Crippen molar-refractivity contribution < 1.29 is 21.8 Å². The zero-order valence-electron chi connectivity index (χ0n) is 16.7. The van der Waals surface area contributed by atoms with Gasteiger partial charge in [0.15, 0.2) is 0 Å². The molecule has 29 heavy (non-hydrogen) atoms. The first kappa shape index (κ1) is 21.9. The van der Waals surface area contributed by atoms with Crippen molar-refractivity contribution in [2.75, 3.05) is 6.16 Å². The van der Waals surface area contributed by atoms with Gasteiger partial charge < -0.3 is 17.0 Å². The van der Waals surface area contributed by atoms with Gasteiger partial charge in [0, 0.05) is 12.3 Å². The number of halogens is 1. The Hall–Kier alpha value is -1.76. The Kier molecular flexibility index (Phi) is 7.81. The molecule has 3 aromatic rings. The molecule has 1 aliphatic rings. The van der Waals surface area contributed by atoms with E-state index in [2.05, 4.69) is 91.0 Å². The van der Waals surface area contributed by atoms with E-state index in [0.717, 1.165) is 38.3 Å². The number of ketones is 1. The summed E-state index contributed by atoms with van der Waals surface area (Å²) in [5, 5.41) is 4.31. The van der Waals surface area contributed by atoms with Crippen LogP contribution in [0.2, 0.25) is 0 Å². The van der Waals surface area contributed by atoms with Crippen molar-refractivity contribution in [2.24, 2.45) is 5.92 Å². The summed E-state index contributed by atoms with van der Waals surface area (Å²) in [5.74, 6) is 0.785. The molecule has 0 saturated heterocycles. The summed E-state index contributed by atoms with van der Waals surface area (Å²) in [6.45, 7) is 0. The lowest BCUT2D eigenvalue weighted by atomic mass is 10.0. The first-order valence-corrected chi connectivity index (χ1v) is 12.4. The molecular weight excluding hydrogens is 439 g/mol. The fraction of sp³-hybridized carbons (Fsp3) is 0.269. The minimum Gasteiger partial charge on any atom is -1.00 e. The third-order valence-corrected chi connectivity index (χ3v) is 10.6. The highest BCUT2D eigenvalue weighted by Gasteiger charge is 2.44. The normalized spacial score (nSPS) is 16.4. The van der Waals surface area contributed by atoms with Crippen LogP contribution >= 0.6 is 7.26 Å². The van der Waals surface area contributed by atoms with Crippen molar-refractivity contribution in [2.45, 2.75) is 32.1 Å². The molecule has 3 aromatic carbocycles. The molecular formula is C26H28BrOP. The minimum absolute atomic E-state index is 0. The molecule has 0 spiro atoms. The van der Waals surface area contributed by atoms with Crippen LogP contribution in [0, 0.1) is 5.92 Å². The molecule has 1 unspecified atom stereocenters. The third-order valence-electron chi connectivity index (χ3n) is 6.07. The Morgan fingerprint density at radius 1 is 0.724 bits per heavy atom. The number of rotatable bonds is 7. The van der Waals surface area contributed by atoms with Gasteiger partial charge >= 0.3 is 0 Å². The van der Waals surface area contributed by atoms with Gasteiger partial charge in [0.1, 0.15) is 29.0 Å². The molecule has 1 aliphatic carbocycles. The van der Waals surface area contributed by atoms with E-state index in [1.54, 1.807) is 0 Å². The van der Waals surface area contributed by atoms with Gasteiger partial charge in [-0.15, -0.1) is 0 Å². The quantitative estimate of drug-likeness (QED) is 0.487. The van der Waals surface area contributed by atoms with E-state index in [0.29, 0.717) is 11.7 Å². The predicted octanol–water partition coefficient (Wildman–Crippen LogP) is 2.13. The van der Waals surface area contributed by atoms with E-state index in [1.165, 1.54) is 15.9 Å². The monoisotopic (exact) mass is 466 g/mol. The lowest BCUT2D eigenvalue weighted by molar-refractivity contribution is -0.120. The minimum atomic E-state index is -1.74. The predicted molar refractivity (Wildman–Crippen MR) is 122 cm³/mol. The second-order valence-electron chi connectivity index (χ2n) is 7.74. The SMILES string of the molecule is O=C1CCCC1CCC[P+](c1ccccc1)(c1ccccc1)c1ccccc1.[Br-]. The fourth-order valence-corrected chi connectivity index (χ4v) is 9.02. The van der Waals surface area contributed by atoms with Crippen LogP contribution < -0.4 is 32.9 Å². The molecule has 3 heteroatoms. The second-order valence-corrected chi connectivity index (χ2v) is 11.4. The van der Waals surface area contributed by atoms with Crippen LogP contribution in [0.3, 0.4) is 0 Å². The van der Waals surface area contributed by atoms with E-state index in [1.807, 2.05) is 0 Å². The molecule has 0 bridgehead atoms. The molecule has 150 valence electrons. The molecule has 1 saturated carbocycles. The van der Waals surface area contributed by atoms with E-state index in [9.17, 15) is 4.79 Å². The van der Waals surface area contributed by atoms with Crippen molar-refractivity contribution in [3.8, 4) is 0 Å². The fourth-order valence-electron chi connectivity index (χ4n) is 4.65. The highest BCUT2D eigenvalue weighted by Crippen LogP contribution is 2.56. The largest absolute Gasteiger partial charge is 1.00 e.